The number of aromatic nitrogens is 3. The van der Waals surface area contributed by atoms with Gasteiger partial charge >= 0.3 is 5.97 Å². The van der Waals surface area contributed by atoms with Crippen molar-refractivity contribution < 1.29 is 14.3 Å². The number of carbonyl (C=O) groups excluding carboxylic acids is 2. The quantitative estimate of drug-likeness (QED) is 0.495. The molecule has 0 aliphatic heterocycles. The third kappa shape index (κ3) is 5.55. The summed E-state index contributed by atoms with van der Waals surface area (Å²) in [4.78, 5) is 25.4. The average molecular weight is 411 g/mol. The summed E-state index contributed by atoms with van der Waals surface area (Å²) in [5.41, 5.74) is 0.397. The van der Waals surface area contributed by atoms with Crippen molar-refractivity contribution in [3.8, 4) is 0 Å². The van der Waals surface area contributed by atoms with Crippen LogP contribution < -0.4 is 5.32 Å². The van der Waals surface area contributed by atoms with Crippen LogP contribution in [0.5, 0.6) is 0 Å². The molecule has 0 aliphatic rings. The molecule has 0 fully saturated rings. The van der Waals surface area contributed by atoms with Crippen molar-refractivity contribution in [1.82, 2.24) is 14.8 Å². The number of nitrogens with zero attached hydrogens (tertiary/aromatic N) is 3. The first kappa shape index (κ1) is 21.4. The Balaban J connectivity index is 2.05. The number of amides is 1. The Hall–Kier alpha value is -1.87. The first-order valence-corrected chi connectivity index (χ1v) is 10.8. The minimum absolute atomic E-state index is 0.190. The van der Waals surface area contributed by atoms with Crippen LogP contribution in [0.3, 0.4) is 0 Å². The Kier molecular flexibility index (Phi) is 7.85. The number of thiophene rings is 1. The molecule has 148 valence electrons. The van der Waals surface area contributed by atoms with Crippen LogP contribution in [0.2, 0.25) is 0 Å². The first-order chi connectivity index (χ1) is 12.9. The van der Waals surface area contributed by atoms with E-state index in [9.17, 15) is 9.59 Å². The molecule has 0 spiro atoms. The molecule has 0 bridgehead atoms. The number of thioether (sulfide) groups is 1. The van der Waals surface area contributed by atoms with E-state index in [0.29, 0.717) is 17.2 Å². The van der Waals surface area contributed by atoms with Crippen molar-refractivity contribution >= 4 is 40.0 Å². The van der Waals surface area contributed by atoms with E-state index in [0.717, 1.165) is 28.8 Å². The number of esters is 1. The summed E-state index contributed by atoms with van der Waals surface area (Å²) < 4.78 is 7.12. The van der Waals surface area contributed by atoms with Gasteiger partial charge in [0.25, 0.3) is 0 Å². The molecule has 0 saturated carbocycles. The fourth-order valence-electron chi connectivity index (χ4n) is 2.53. The molecule has 0 saturated heterocycles. The second kappa shape index (κ2) is 9.89. The van der Waals surface area contributed by atoms with Gasteiger partial charge in [-0.1, -0.05) is 32.5 Å². The molecular weight excluding hydrogens is 384 g/mol. The van der Waals surface area contributed by atoms with Gasteiger partial charge in [0.15, 0.2) is 5.16 Å². The lowest BCUT2D eigenvalue weighted by Gasteiger charge is -2.10. The molecule has 0 radical (unpaired) electrons. The zero-order chi connectivity index (χ0) is 20.0. The van der Waals surface area contributed by atoms with E-state index >= 15 is 0 Å². The Morgan fingerprint density at radius 3 is 2.70 bits per heavy atom. The predicted octanol–water partition coefficient (Wildman–Crippen LogP) is 4.09. The van der Waals surface area contributed by atoms with E-state index in [-0.39, 0.29) is 17.6 Å². The molecule has 2 aromatic rings. The lowest BCUT2D eigenvalue weighted by Crippen LogP contribution is -2.16. The van der Waals surface area contributed by atoms with Crippen molar-refractivity contribution in [2.24, 2.45) is 0 Å². The number of anilines is 1. The largest absolute Gasteiger partial charge is 0.462 e. The maximum absolute atomic E-state index is 12.4. The Labute approximate surface area is 167 Å². The van der Waals surface area contributed by atoms with Gasteiger partial charge in [0.1, 0.15) is 10.8 Å². The highest BCUT2D eigenvalue weighted by Crippen LogP contribution is 2.29. The van der Waals surface area contributed by atoms with Gasteiger partial charge in [-0.3, -0.25) is 4.79 Å². The highest BCUT2D eigenvalue weighted by molar-refractivity contribution is 7.99. The highest BCUT2D eigenvalue weighted by Gasteiger charge is 2.19. The Morgan fingerprint density at radius 2 is 2.07 bits per heavy atom. The smallest absolute Gasteiger partial charge is 0.341 e. The van der Waals surface area contributed by atoms with Gasteiger partial charge in [0.2, 0.25) is 5.91 Å². The summed E-state index contributed by atoms with van der Waals surface area (Å²) in [7, 11) is 0. The SMILES string of the molecule is CCCn1c(SCC(=O)Nc2sc(C)cc2C(=O)OCC)nnc1C(C)C. The molecule has 1 N–H and O–H groups in total. The summed E-state index contributed by atoms with van der Waals surface area (Å²) in [6, 6.07) is 1.73. The molecule has 0 atom stereocenters. The molecular formula is C18H26N4O3S2. The standard InChI is InChI=1S/C18H26N4O3S2/c1-6-8-22-15(11(3)4)20-21-18(22)26-10-14(23)19-16-13(9-12(5)27-16)17(24)25-7-2/h9,11H,6-8,10H2,1-5H3,(H,19,23). The van der Waals surface area contributed by atoms with E-state index in [2.05, 4.69) is 40.9 Å². The van der Waals surface area contributed by atoms with Gasteiger partial charge in [-0.25, -0.2) is 4.79 Å². The highest BCUT2D eigenvalue weighted by atomic mass is 32.2. The monoisotopic (exact) mass is 410 g/mol. The Morgan fingerprint density at radius 1 is 1.33 bits per heavy atom. The number of hydrogen-bond acceptors (Lipinski definition) is 7. The first-order valence-electron chi connectivity index (χ1n) is 9.00. The van der Waals surface area contributed by atoms with Crippen molar-refractivity contribution in [3.63, 3.8) is 0 Å². The third-order valence-electron chi connectivity index (χ3n) is 3.64. The van der Waals surface area contributed by atoms with Crippen molar-refractivity contribution in [2.45, 2.75) is 58.7 Å². The summed E-state index contributed by atoms with van der Waals surface area (Å²) >= 11 is 2.71. The van der Waals surface area contributed by atoms with Crippen LogP contribution in [0.1, 0.15) is 61.1 Å². The second-order valence-corrected chi connectivity index (χ2v) is 8.50. The molecule has 0 unspecified atom stereocenters. The lowest BCUT2D eigenvalue weighted by molar-refractivity contribution is -0.113. The molecule has 27 heavy (non-hydrogen) atoms. The van der Waals surface area contributed by atoms with E-state index in [4.69, 9.17) is 4.74 Å². The van der Waals surface area contributed by atoms with E-state index in [1.807, 2.05) is 6.92 Å². The summed E-state index contributed by atoms with van der Waals surface area (Å²) in [6.07, 6.45) is 0.967. The van der Waals surface area contributed by atoms with Crippen molar-refractivity contribution in [3.05, 3.63) is 22.3 Å². The van der Waals surface area contributed by atoms with Crippen LogP contribution in [0.25, 0.3) is 0 Å². The molecule has 7 nitrogen and oxygen atoms in total. The van der Waals surface area contributed by atoms with Crippen LogP contribution in [0, 0.1) is 6.92 Å². The van der Waals surface area contributed by atoms with Gasteiger partial charge in [-0.2, -0.15) is 0 Å². The molecule has 2 aromatic heterocycles. The van der Waals surface area contributed by atoms with Crippen molar-refractivity contribution in [2.75, 3.05) is 17.7 Å². The fraction of sp³-hybridized carbons (Fsp3) is 0.556. The average Bonchev–Trinajstić information content (AvgIpc) is 3.17. The lowest BCUT2D eigenvalue weighted by atomic mass is 10.2. The van der Waals surface area contributed by atoms with Gasteiger partial charge < -0.3 is 14.6 Å². The minimum atomic E-state index is -0.422. The van der Waals surface area contributed by atoms with E-state index in [1.54, 1.807) is 13.0 Å². The summed E-state index contributed by atoms with van der Waals surface area (Å²) in [5.74, 6) is 0.782. The van der Waals surface area contributed by atoms with Crippen LogP contribution in [-0.2, 0) is 16.1 Å². The van der Waals surface area contributed by atoms with Gasteiger partial charge in [0, 0.05) is 17.3 Å². The van der Waals surface area contributed by atoms with Gasteiger partial charge in [-0.05, 0) is 26.3 Å². The Bertz CT molecular complexity index is 799. The van der Waals surface area contributed by atoms with E-state index < -0.39 is 5.97 Å². The summed E-state index contributed by atoms with van der Waals surface area (Å²) in [6.45, 7) is 11.0. The van der Waals surface area contributed by atoms with E-state index in [1.165, 1.54) is 23.1 Å². The number of hydrogen-bond donors (Lipinski definition) is 1. The molecule has 0 aromatic carbocycles. The second-order valence-electron chi connectivity index (χ2n) is 6.30. The number of nitrogens with one attached hydrogen (secondary N) is 1. The predicted molar refractivity (Wildman–Crippen MR) is 109 cm³/mol. The zero-order valence-electron chi connectivity index (χ0n) is 16.4. The van der Waals surface area contributed by atoms with Crippen molar-refractivity contribution in [1.29, 1.82) is 0 Å². The van der Waals surface area contributed by atoms with Crippen LogP contribution in [0.15, 0.2) is 11.2 Å². The maximum Gasteiger partial charge on any atom is 0.341 e. The van der Waals surface area contributed by atoms with Crippen LogP contribution in [-0.4, -0.2) is 39.0 Å². The van der Waals surface area contributed by atoms with Gasteiger partial charge in [0.05, 0.1) is 17.9 Å². The molecule has 1 amide bonds. The molecule has 0 aliphatic carbocycles. The number of carbonyl (C=O) groups is 2. The minimum Gasteiger partial charge on any atom is -0.462 e. The fourth-order valence-corrected chi connectivity index (χ4v) is 4.22. The maximum atomic E-state index is 12.4. The van der Waals surface area contributed by atoms with Gasteiger partial charge in [-0.15, -0.1) is 21.5 Å². The molecule has 2 heterocycles. The third-order valence-corrected chi connectivity index (χ3v) is 5.58. The zero-order valence-corrected chi connectivity index (χ0v) is 18.0. The normalized spacial score (nSPS) is 11.0. The topological polar surface area (TPSA) is 86.1 Å². The summed E-state index contributed by atoms with van der Waals surface area (Å²) in [5, 5.41) is 12.6. The number of aryl methyl sites for hydroxylation is 1. The number of ether oxygens (including phenoxy) is 1. The molecule has 2 rings (SSSR count). The van der Waals surface area contributed by atoms with Crippen LogP contribution in [0.4, 0.5) is 5.00 Å². The number of rotatable bonds is 9. The molecule has 9 heteroatoms. The van der Waals surface area contributed by atoms with Crippen LogP contribution >= 0.6 is 23.1 Å².